The Balaban J connectivity index is 2.78. The van der Waals surface area contributed by atoms with Gasteiger partial charge in [-0.3, -0.25) is 4.79 Å². The highest BCUT2D eigenvalue weighted by atomic mass is 28.4. The highest BCUT2D eigenvalue weighted by Gasteiger charge is 2.43. The molecule has 0 N–H and O–H groups in total. The maximum Gasteiger partial charge on any atom is 0.306 e. The van der Waals surface area contributed by atoms with Crippen LogP contribution in [0.1, 0.15) is 60.8 Å². The molecule has 0 unspecified atom stereocenters. The molecule has 6 heteroatoms. The lowest BCUT2D eigenvalue weighted by molar-refractivity contribution is -0.145. The third-order valence-corrected chi connectivity index (χ3v) is 15.3. The molecule has 2 atom stereocenters. The van der Waals surface area contributed by atoms with Crippen molar-refractivity contribution in [1.82, 2.24) is 0 Å². The normalized spacial score (nSPS) is 21.4. The monoisotopic (exact) mass is 388 g/mol. The second kappa shape index (κ2) is 7.83. The molecular formula is C19H40O4Si2. The van der Waals surface area contributed by atoms with Crippen molar-refractivity contribution >= 4 is 22.6 Å². The van der Waals surface area contributed by atoms with E-state index in [2.05, 4.69) is 67.7 Å². The fourth-order valence-electron chi connectivity index (χ4n) is 2.33. The predicted molar refractivity (Wildman–Crippen MR) is 109 cm³/mol. The lowest BCUT2D eigenvalue weighted by Crippen LogP contribution is -2.48. The van der Waals surface area contributed by atoms with E-state index in [9.17, 15) is 4.79 Å². The average Bonchev–Trinajstić information content (AvgIpc) is 2.81. The van der Waals surface area contributed by atoms with E-state index in [0.29, 0.717) is 13.0 Å². The molecule has 0 radical (unpaired) electrons. The molecule has 0 aromatic heterocycles. The lowest BCUT2D eigenvalue weighted by atomic mass is 10.1. The van der Waals surface area contributed by atoms with E-state index in [1.54, 1.807) is 0 Å². The molecule has 148 valence electrons. The van der Waals surface area contributed by atoms with Gasteiger partial charge in [0.15, 0.2) is 16.6 Å². The van der Waals surface area contributed by atoms with Gasteiger partial charge in [-0.2, -0.15) is 0 Å². The Hall–Kier alpha value is -0.176. The van der Waals surface area contributed by atoms with Crippen LogP contribution in [0.25, 0.3) is 0 Å². The van der Waals surface area contributed by atoms with Crippen molar-refractivity contribution < 1.29 is 18.4 Å². The van der Waals surface area contributed by atoms with Crippen LogP contribution in [0.3, 0.4) is 0 Å². The number of rotatable bonds is 7. The molecule has 0 spiro atoms. The van der Waals surface area contributed by atoms with Gasteiger partial charge in [0.2, 0.25) is 0 Å². The first-order valence-electron chi connectivity index (χ1n) is 9.58. The van der Waals surface area contributed by atoms with Gasteiger partial charge in [-0.15, -0.1) is 0 Å². The van der Waals surface area contributed by atoms with Crippen LogP contribution in [0, 0.1) is 0 Å². The fraction of sp³-hybridized carbons (Fsp3) is 0.947. The topological polar surface area (TPSA) is 44.8 Å². The van der Waals surface area contributed by atoms with Crippen molar-refractivity contribution in [2.75, 3.05) is 6.61 Å². The average molecular weight is 389 g/mol. The third-order valence-electron chi connectivity index (χ3n) is 6.25. The van der Waals surface area contributed by atoms with Gasteiger partial charge in [-0.05, 0) is 49.1 Å². The largest absolute Gasteiger partial charge is 0.460 e. The summed E-state index contributed by atoms with van der Waals surface area (Å²) in [5.41, 5.74) is 0. The molecule has 0 aliphatic carbocycles. The highest BCUT2D eigenvalue weighted by molar-refractivity contribution is 6.74. The minimum atomic E-state index is -1.93. The number of hydrogen-bond acceptors (Lipinski definition) is 4. The summed E-state index contributed by atoms with van der Waals surface area (Å²) in [5, 5.41) is 0.330. The van der Waals surface area contributed by atoms with Crippen LogP contribution >= 0.6 is 0 Å². The summed E-state index contributed by atoms with van der Waals surface area (Å²) < 4.78 is 18.5. The molecule has 0 amide bonds. The van der Waals surface area contributed by atoms with Gasteiger partial charge in [0, 0.05) is 13.0 Å². The number of esters is 1. The highest BCUT2D eigenvalue weighted by Crippen LogP contribution is 2.40. The van der Waals surface area contributed by atoms with E-state index in [1.165, 1.54) is 0 Å². The molecule has 0 saturated carbocycles. The SMILES string of the molecule is CC(C)(C)[Si](C)(C)OCC[C@H](O[Si](C)(C)C(C)(C)C)[C@@H]1CCC(=O)O1. The van der Waals surface area contributed by atoms with Crippen LogP contribution in [0.2, 0.25) is 36.3 Å². The molecule has 1 aliphatic heterocycles. The number of ether oxygens (including phenoxy) is 1. The van der Waals surface area contributed by atoms with Crippen molar-refractivity contribution in [3.63, 3.8) is 0 Å². The summed E-state index contributed by atoms with van der Waals surface area (Å²) in [5.74, 6) is -0.0980. The molecule has 1 rings (SSSR count). The Morgan fingerprint density at radius 3 is 1.96 bits per heavy atom. The van der Waals surface area contributed by atoms with E-state index in [4.69, 9.17) is 13.6 Å². The maximum atomic E-state index is 11.6. The molecule has 25 heavy (non-hydrogen) atoms. The zero-order valence-corrected chi connectivity index (χ0v) is 20.1. The van der Waals surface area contributed by atoms with E-state index < -0.39 is 16.6 Å². The van der Waals surface area contributed by atoms with Crippen molar-refractivity contribution in [1.29, 1.82) is 0 Å². The lowest BCUT2D eigenvalue weighted by Gasteiger charge is -2.41. The molecule has 1 aliphatic rings. The van der Waals surface area contributed by atoms with Gasteiger partial charge in [0.1, 0.15) is 6.10 Å². The van der Waals surface area contributed by atoms with Crippen LogP contribution in [0.4, 0.5) is 0 Å². The van der Waals surface area contributed by atoms with Crippen LogP contribution < -0.4 is 0 Å². The first kappa shape index (κ1) is 22.9. The van der Waals surface area contributed by atoms with Crippen molar-refractivity contribution in [3.05, 3.63) is 0 Å². The quantitative estimate of drug-likeness (QED) is 0.427. The predicted octanol–water partition coefficient (Wildman–Crippen LogP) is 5.49. The van der Waals surface area contributed by atoms with Crippen LogP contribution in [-0.4, -0.2) is 41.4 Å². The van der Waals surface area contributed by atoms with Crippen molar-refractivity contribution in [3.8, 4) is 0 Å². The van der Waals surface area contributed by atoms with Crippen LogP contribution in [0.15, 0.2) is 0 Å². The van der Waals surface area contributed by atoms with Gasteiger partial charge in [0.25, 0.3) is 0 Å². The van der Waals surface area contributed by atoms with Gasteiger partial charge in [-0.1, -0.05) is 41.5 Å². The smallest absolute Gasteiger partial charge is 0.306 e. The number of cyclic esters (lactones) is 1. The minimum Gasteiger partial charge on any atom is -0.460 e. The Bertz CT molecular complexity index is 461. The molecule has 0 aromatic carbocycles. The maximum absolute atomic E-state index is 11.6. The molecule has 1 fully saturated rings. The zero-order chi connectivity index (χ0) is 19.7. The molecule has 1 heterocycles. The van der Waals surface area contributed by atoms with Crippen molar-refractivity contribution in [2.45, 2.75) is 109 Å². The molecule has 1 saturated heterocycles. The van der Waals surface area contributed by atoms with Gasteiger partial charge >= 0.3 is 5.97 Å². The van der Waals surface area contributed by atoms with Gasteiger partial charge in [0.05, 0.1) is 6.10 Å². The Morgan fingerprint density at radius 2 is 1.56 bits per heavy atom. The van der Waals surface area contributed by atoms with Crippen LogP contribution in [-0.2, 0) is 18.4 Å². The summed E-state index contributed by atoms with van der Waals surface area (Å²) in [6.45, 7) is 23.2. The summed E-state index contributed by atoms with van der Waals surface area (Å²) >= 11 is 0. The summed E-state index contributed by atoms with van der Waals surface area (Å²) in [7, 11) is -3.70. The minimum absolute atomic E-state index is 0.0582. The van der Waals surface area contributed by atoms with E-state index >= 15 is 0 Å². The van der Waals surface area contributed by atoms with Crippen LogP contribution in [0.5, 0.6) is 0 Å². The molecule has 0 aromatic rings. The second-order valence-corrected chi connectivity index (χ2v) is 19.9. The number of carbonyl (C=O) groups excluding carboxylic acids is 1. The summed E-state index contributed by atoms with van der Waals surface area (Å²) in [6.07, 6.45) is 1.88. The van der Waals surface area contributed by atoms with E-state index in [1.807, 2.05) is 0 Å². The van der Waals surface area contributed by atoms with Crippen molar-refractivity contribution in [2.24, 2.45) is 0 Å². The summed E-state index contributed by atoms with van der Waals surface area (Å²) in [4.78, 5) is 11.6. The molecular weight excluding hydrogens is 348 g/mol. The first-order chi connectivity index (χ1) is 11.1. The summed E-state index contributed by atoms with van der Waals surface area (Å²) in [6, 6.07) is 0. The third kappa shape index (κ3) is 6.19. The van der Waals surface area contributed by atoms with Gasteiger partial charge in [-0.25, -0.2) is 0 Å². The molecule has 0 bridgehead atoms. The Morgan fingerprint density at radius 1 is 1.04 bits per heavy atom. The number of hydrogen-bond donors (Lipinski definition) is 0. The Labute approximate surface area is 157 Å². The zero-order valence-electron chi connectivity index (χ0n) is 18.1. The van der Waals surface area contributed by atoms with E-state index in [-0.39, 0.29) is 28.3 Å². The van der Waals surface area contributed by atoms with E-state index in [0.717, 1.165) is 12.8 Å². The Kier molecular flexibility index (Phi) is 7.16. The standard InChI is InChI=1S/C19H40O4Si2/c1-18(2,3)24(7,8)21-14-13-16(15-11-12-17(20)22-15)23-25(9,10)19(4,5)6/h15-16H,11-14H2,1-10H3/t15-,16-/m0/s1. The molecule has 4 nitrogen and oxygen atoms in total. The fourth-order valence-corrected chi connectivity index (χ4v) is 4.77. The first-order valence-corrected chi connectivity index (χ1v) is 15.4. The van der Waals surface area contributed by atoms with Gasteiger partial charge < -0.3 is 13.6 Å². The number of carbonyl (C=O) groups is 1. The second-order valence-electron chi connectivity index (χ2n) is 10.4.